The number of nitrogens with zero attached hydrogens (tertiary/aromatic N) is 4. The molecule has 0 radical (unpaired) electrons. The SMILES string of the molecule is NS(=O)(=O)c1ccc(-n2nc(C(F)(F)F)nc2-c2ccc(Br)cc2)nc1. The Balaban J connectivity index is 2.16. The number of benzene rings is 1. The first-order valence-electron chi connectivity index (χ1n) is 6.85. The van der Waals surface area contributed by atoms with Crippen molar-refractivity contribution >= 4 is 26.0 Å². The number of aromatic nitrogens is 4. The van der Waals surface area contributed by atoms with Crippen molar-refractivity contribution in [2.45, 2.75) is 11.1 Å². The summed E-state index contributed by atoms with van der Waals surface area (Å²) in [7, 11) is -3.98. The number of primary sulfonamides is 1. The zero-order valence-corrected chi connectivity index (χ0v) is 15.0. The van der Waals surface area contributed by atoms with E-state index in [1.165, 1.54) is 6.07 Å². The molecule has 12 heteroatoms. The molecule has 3 rings (SSSR count). The maximum absolute atomic E-state index is 13.0. The molecule has 0 bridgehead atoms. The molecule has 0 saturated carbocycles. The van der Waals surface area contributed by atoms with E-state index in [4.69, 9.17) is 5.14 Å². The summed E-state index contributed by atoms with van der Waals surface area (Å²) in [5.74, 6) is -1.48. The Labute approximate surface area is 153 Å². The molecule has 0 aliphatic rings. The number of hydrogen-bond acceptors (Lipinski definition) is 5. The van der Waals surface area contributed by atoms with E-state index >= 15 is 0 Å². The molecule has 26 heavy (non-hydrogen) atoms. The third-order valence-corrected chi connectivity index (χ3v) is 4.66. The first-order valence-corrected chi connectivity index (χ1v) is 9.19. The summed E-state index contributed by atoms with van der Waals surface area (Å²) in [5, 5.41) is 8.45. The van der Waals surface area contributed by atoms with Gasteiger partial charge in [-0.3, -0.25) is 0 Å². The average Bonchev–Trinajstić information content (AvgIpc) is 3.00. The van der Waals surface area contributed by atoms with Crippen LogP contribution in [0.1, 0.15) is 5.82 Å². The molecule has 2 heterocycles. The number of sulfonamides is 1. The van der Waals surface area contributed by atoms with E-state index in [1.54, 1.807) is 24.3 Å². The third-order valence-electron chi connectivity index (χ3n) is 3.23. The normalized spacial score (nSPS) is 12.3. The Morgan fingerprint density at radius 1 is 1.08 bits per heavy atom. The second kappa shape index (κ2) is 6.45. The third kappa shape index (κ3) is 3.76. The lowest BCUT2D eigenvalue weighted by molar-refractivity contribution is -0.144. The van der Waals surface area contributed by atoms with Crippen molar-refractivity contribution in [1.82, 2.24) is 19.7 Å². The van der Waals surface area contributed by atoms with Gasteiger partial charge in [0.05, 0.1) is 0 Å². The van der Waals surface area contributed by atoms with Crippen molar-refractivity contribution < 1.29 is 21.6 Å². The van der Waals surface area contributed by atoms with Crippen molar-refractivity contribution in [3.63, 3.8) is 0 Å². The minimum Gasteiger partial charge on any atom is -0.236 e. The highest BCUT2D eigenvalue weighted by Crippen LogP contribution is 2.30. The van der Waals surface area contributed by atoms with E-state index in [1.807, 2.05) is 0 Å². The largest absolute Gasteiger partial charge is 0.453 e. The standard InChI is InChI=1S/C14H9BrF3N5O2S/c15-9-3-1-8(2-4-9)12-21-13(14(16,17)18)22-23(12)11-6-5-10(7-20-11)26(19,24)25/h1-7H,(H2,19,24,25). The predicted molar refractivity (Wildman–Crippen MR) is 88.7 cm³/mol. The maximum Gasteiger partial charge on any atom is 0.453 e. The van der Waals surface area contributed by atoms with Crippen LogP contribution >= 0.6 is 15.9 Å². The summed E-state index contributed by atoms with van der Waals surface area (Å²) in [6, 6.07) is 8.71. The van der Waals surface area contributed by atoms with Gasteiger partial charge in [-0.05, 0) is 24.3 Å². The maximum atomic E-state index is 13.0. The fraction of sp³-hybridized carbons (Fsp3) is 0.0714. The number of hydrogen-bond donors (Lipinski definition) is 1. The monoisotopic (exact) mass is 447 g/mol. The van der Waals surface area contributed by atoms with E-state index in [-0.39, 0.29) is 16.5 Å². The van der Waals surface area contributed by atoms with Gasteiger partial charge in [0.15, 0.2) is 11.6 Å². The first-order chi connectivity index (χ1) is 12.1. The van der Waals surface area contributed by atoms with E-state index in [0.29, 0.717) is 5.56 Å². The molecule has 0 aliphatic carbocycles. The minimum atomic E-state index is -4.75. The lowest BCUT2D eigenvalue weighted by atomic mass is 10.2. The van der Waals surface area contributed by atoms with Crippen LogP contribution in [0.5, 0.6) is 0 Å². The van der Waals surface area contributed by atoms with Gasteiger partial charge in [0, 0.05) is 16.2 Å². The molecule has 2 aromatic heterocycles. The van der Waals surface area contributed by atoms with Crippen molar-refractivity contribution in [2.24, 2.45) is 5.14 Å². The Hall–Kier alpha value is -2.31. The zero-order valence-electron chi connectivity index (χ0n) is 12.6. The van der Waals surface area contributed by atoms with Crippen LogP contribution in [0.15, 0.2) is 52.0 Å². The van der Waals surface area contributed by atoms with Gasteiger partial charge in [-0.25, -0.2) is 23.5 Å². The topological polar surface area (TPSA) is 104 Å². The number of pyridine rings is 1. The van der Waals surface area contributed by atoms with Crippen molar-refractivity contribution in [3.8, 4) is 17.2 Å². The van der Waals surface area contributed by atoms with Crippen LogP contribution < -0.4 is 5.14 Å². The van der Waals surface area contributed by atoms with Gasteiger partial charge in [0.2, 0.25) is 10.0 Å². The van der Waals surface area contributed by atoms with Crippen LogP contribution in [0, 0.1) is 0 Å². The molecule has 2 N–H and O–H groups in total. The Bertz CT molecular complexity index is 1050. The summed E-state index contributed by atoms with van der Waals surface area (Å²) in [6.07, 6.45) is -3.82. The van der Waals surface area contributed by atoms with Crippen LogP contribution in [0.3, 0.4) is 0 Å². The fourth-order valence-corrected chi connectivity index (χ4v) is 2.77. The molecular formula is C14H9BrF3N5O2S. The smallest absolute Gasteiger partial charge is 0.236 e. The average molecular weight is 448 g/mol. The van der Waals surface area contributed by atoms with E-state index in [9.17, 15) is 21.6 Å². The second-order valence-electron chi connectivity index (χ2n) is 5.07. The molecule has 0 aliphatic heterocycles. The van der Waals surface area contributed by atoms with Gasteiger partial charge in [0.1, 0.15) is 4.90 Å². The van der Waals surface area contributed by atoms with Gasteiger partial charge in [0.25, 0.3) is 5.82 Å². The zero-order chi connectivity index (χ0) is 19.1. The van der Waals surface area contributed by atoms with Gasteiger partial charge >= 0.3 is 6.18 Å². The predicted octanol–water partition coefficient (Wildman–Crippen LogP) is 2.76. The van der Waals surface area contributed by atoms with E-state index in [2.05, 4.69) is 31.0 Å². The van der Waals surface area contributed by atoms with E-state index < -0.39 is 22.0 Å². The Morgan fingerprint density at radius 3 is 2.23 bits per heavy atom. The Morgan fingerprint density at radius 2 is 1.73 bits per heavy atom. The summed E-state index contributed by atoms with van der Waals surface area (Å²) < 4.78 is 63.3. The van der Waals surface area contributed by atoms with Gasteiger partial charge in [-0.15, -0.1) is 5.10 Å². The molecule has 7 nitrogen and oxygen atoms in total. The van der Waals surface area contributed by atoms with Crippen LogP contribution in [-0.2, 0) is 16.2 Å². The fourth-order valence-electron chi connectivity index (χ4n) is 2.04. The van der Waals surface area contributed by atoms with Gasteiger partial charge in [-0.1, -0.05) is 28.1 Å². The van der Waals surface area contributed by atoms with Crippen molar-refractivity contribution in [1.29, 1.82) is 0 Å². The minimum absolute atomic E-state index is 0.0432. The summed E-state index contributed by atoms with van der Waals surface area (Å²) in [5.41, 5.74) is 0.369. The molecule has 0 saturated heterocycles. The molecule has 1 aromatic carbocycles. The molecule has 3 aromatic rings. The van der Waals surface area contributed by atoms with Crippen molar-refractivity contribution in [2.75, 3.05) is 0 Å². The molecule has 0 fully saturated rings. The quantitative estimate of drug-likeness (QED) is 0.664. The van der Waals surface area contributed by atoms with Gasteiger partial charge in [-0.2, -0.15) is 17.9 Å². The number of nitrogens with two attached hydrogens (primary N) is 1. The molecule has 0 amide bonds. The highest BCUT2D eigenvalue weighted by molar-refractivity contribution is 9.10. The Kier molecular flexibility index (Phi) is 4.58. The van der Waals surface area contributed by atoms with E-state index in [0.717, 1.165) is 21.4 Å². The number of alkyl halides is 3. The molecule has 0 unspecified atom stereocenters. The van der Waals surface area contributed by atoms with Crippen LogP contribution in [0.25, 0.3) is 17.2 Å². The number of rotatable bonds is 3. The summed E-state index contributed by atoms with van der Waals surface area (Å²) in [4.78, 5) is 7.12. The van der Waals surface area contributed by atoms with Crippen LogP contribution in [-0.4, -0.2) is 28.2 Å². The van der Waals surface area contributed by atoms with Crippen molar-refractivity contribution in [3.05, 3.63) is 52.9 Å². The molecule has 0 atom stereocenters. The van der Waals surface area contributed by atoms with Crippen LogP contribution in [0.4, 0.5) is 13.2 Å². The lowest BCUT2D eigenvalue weighted by Gasteiger charge is -2.06. The number of halogens is 4. The summed E-state index contributed by atoms with van der Waals surface area (Å²) in [6.45, 7) is 0. The highest BCUT2D eigenvalue weighted by atomic mass is 79.9. The lowest BCUT2D eigenvalue weighted by Crippen LogP contribution is -2.13. The highest BCUT2D eigenvalue weighted by Gasteiger charge is 2.37. The summed E-state index contributed by atoms with van der Waals surface area (Å²) >= 11 is 3.24. The molecule has 136 valence electrons. The first kappa shape index (κ1) is 18.5. The molecule has 0 spiro atoms. The second-order valence-corrected chi connectivity index (χ2v) is 7.55. The van der Waals surface area contributed by atoms with Gasteiger partial charge < -0.3 is 0 Å². The van der Waals surface area contributed by atoms with Crippen LogP contribution in [0.2, 0.25) is 0 Å². The molecular weight excluding hydrogens is 439 g/mol.